The van der Waals surface area contributed by atoms with Gasteiger partial charge in [0.15, 0.2) is 0 Å². The molecule has 1 atom stereocenters. The minimum atomic E-state index is 0.106. The third-order valence-electron chi connectivity index (χ3n) is 5.97. The van der Waals surface area contributed by atoms with Crippen LogP contribution in [0.15, 0.2) is 71.9 Å². The van der Waals surface area contributed by atoms with E-state index >= 15 is 0 Å². The number of rotatable bonds is 9. The van der Waals surface area contributed by atoms with E-state index in [1.165, 1.54) is 24.0 Å². The number of carbonyl (C=O) groups excluding carboxylic acids is 1. The van der Waals surface area contributed by atoms with Crippen LogP contribution in [-0.2, 0) is 17.6 Å². The van der Waals surface area contributed by atoms with Crippen molar-refractivity contribution >= 4 is 17.4 Å². The quantitative estimate of drug-likeness (QED) is 0.268. The molecule has 1 aliphatic carbocycles. The average Bonchev–Trinajstić information content (AvgIpc) is 2.78. The van der Waals surface area contributed by atoms with Crippen molar-refractivity contribution in [3.05, 3.63) is 78.1 Å². The van der Waals surface area contributed by atoms with Crippen molar-refractivity contribution in [2.75, 3.05) is 25.5 Å². The van der Waals surface area contributed by atoms with Crippen LogP contribution >= 0.6 is 0 Å². The smallest absolute Gasteiger partial charge is 0.227 e. The SMILES string of the molecule is C=C/C=C(\C=C/C)C(C)CC(=O)N(C/C=C/N=C(C)N(C)C)c1ccc2c(c1)CCCC2. The van der Waals surface area contributed by atoms with Gasteiger partial charge in [-0.05, 0) is 80.4 Å². The van der Waals surface area contributed by atoms with Crippen LogP contribution in [0, 0.1) is 5.92 Å². The second-order valence-electron chi connectivity index (χ2n) is 8.63. The molecule has 4 heteroatoms. The first-order valence-corrected chi connectivity index (χ1v) is 11.6. The highest BCUT2D eigenvalue weighted by atomic mass is 16.2. The van der Waals surface area contributed by atoms with Gasteiger partial charge in [0, 0.05) is 38.9 Å². The van der Waals surface area contributed by atoms with Crippen LogP contribution in [0.25, 0.3) is 0 Å². The first-order chi connectivity index (χ1) is 15.4. The zero-order chi connectivity index (χ0) is 23.5. The minimum Gasteiger partial charge on any atom is -0.366 e. The largest absolute Gasteiger partial charge is 0.366 e. The summed E-state index contributed by atoms with van der Waals surface area (Å²) in [5, 5.41) is 0. The van der Waals surface area contributed by atoms with Crippen LogP contribution in [-0.4, -0.2) is 37.3 Å². The van der Waals surface area contributed by atoms with Crippen LogP contribution in [0.1, 0.15) is 51.2 Å². The highest BCUT2D eigenvalue weighted by molar-refractivity contribution is 5.94. The summed E-state index contributed by atoms with van der Waals surface area (Å²) in [5.74, 6) is 1.15. The van der Waals surface area contributed by atoms with E-state index < -0.39 is 0 Å². The Morgan fingerprint density at radius 2 is 1.94 bits per heavy atom. The van der Waals surface area contributed by atoms with Crippen molar-refractivity contribution in [2.24, 2.45) is 10.9 Å². The molecule has 1 amide bonds. The van der Waals surface area contributed by atoms with E-state index in [1.54, 1.807) is 12.3 Å². The van der Waals surface area contributed by atoms with Gasteiger partial charge in [-0.25, -0.2) is 4.99 Å². The third-order valence-corrected chi connectivity index (χ3v) is 5.97. The number of hydrogen-bond acceptors (Lipinski definition) is 2. The van der Waals surface area contributed by atoms with Gasteiger partial charge in [-0.1, -0.05) is 43.9 Å². The predicted molar refractivity (Wildman–Crippen MR) is 138 cm³/mol. The van der Waals surface area contributed by atoms with Crippen LogP contribution in [0.4, 0.5) is 5.69 Å². The molecule has 0 saturated heterocycles. The van der Waals surface area contributed by atoms with Gasteiger partial charge in [0.25, 0.3) is 0 Å². The third kappa shape index (κ3) is 7.37. The molecule has 0 heterocycles. The summed E-state index contributed by atoms with van der Waals surface area (Å²) in [6.45, 7) is 10.4. The molecule has 0 aliphatic heterocycles. The van der Waals surface area contributed by atoms with E-state index in [1.807, 2.05) is 56.0 Å². The normalized spacial score (nSPS) is 15.7. The Kier molecular flexibility index (Phi) is 10.2. The van der Waals surface area contributed by atoms with Gasteiger partial charge in [-0.15, -0.1) is 0 Å². The van der Waals surface area contributed by atoms with E-state index in [0.717, 1.165) is 29.9 Å². The van der Waals surface area contributed by atoms with Gasteiger partial charge >= 0.3 is 0 Å². The van der Waals surface area contributed by atoms with Crippen LogP contribution in [0.5, 0.6) is 0 Å². The zero-order valence-corrected chi connectivity index (χ0v) is 20.5. The van der Waals surface area contributed by atoms with Crippen LogP contribution in [0.3, 0.4) is 0 Å². The fourth-order valence-electron chi connectivity index (χ4n) is 3.87. The molecule has 0 N–H and O–H groups in total. The first-order valence-electron chi connectivity index (χ1n) is 11.6. The maximum Gasteiger partial charge on any atom is 0.227 e. The summed E-state index contributed by atoms with van der Waals surface area (Å²) in [4.78, 5) is 21.8. The Hall–Kier alpha value is -2.88. The van der Waals surface area contributed by atoms with E-state index in [2.05, 4.69) is 42.8 Å². The maximum atomic E-state index is 13.4. The number of aliphatic imine (C=N–C) groups is 1. The Bertz CT molecular complexity index is 905. The predicted octanol–water partition coefficient (Wildman–Crippen LogP) is 6.11. The first kappa shape index (κ1) is 25.4. The summed E-state index contributed by atoms with van der Waals surface area (Å²) >= 11 is 0. The second kappa shape index (κ2) is 12.8. The lowest BCUT2D eigenvalue weighted by molar-refractivity contribution is -0.119. The highest BCUT2D eigenvalue weighted by Gasteiger charge is 2.20. The summed E-state index contributed by atoms with van der Waals surface area (Å²) in [5.41, 5.74) is 4.89. The standard InChI is InChI=1S/C28H39N3O/c1-7-12-24(13-8-2)22(3)20-28(32)31(19-11-18-29-23(4)30(5)6)27-17-16-25-14-9-10-15-26(25)21-27/h7-8,11-13,16-18,21-22H,1,9-10,14-15,19-20H2,2-6H3/b13-8-,18-11+,24-12+,29-23?. The number of fused-ring (bicyclic) bond motifs is 1. The van der Waals surface area contributed by atoms with E-state index in [9.17, 15) is 4.79 Å². The molecular weight excluding hydrogens is 394 g/mol. The molecule has 0 aromatic heterocycles. The summed E-state index contributed by atoms with van der Waals surface area (Å²) in [7, 11) is 3.94. The van der Waals surface area contributed by atoms with Gasteiger partial charge in [0.05, 0.1) is 0 Å². The second-order valence-corrected chi connectivity index (χ2v) is 8.63. The molecule has 2 rings (SSSR count). The molecule has 0 saturated carbocycles. The van der Waals surface area contributed by atoms with Crippen molar-refractivity contribution in [3.8, 4) is 0 Å². The van der Waals surface area contributed by atoms with Crippen molar-refractivity contribution < 1.29 is 4.79 Å². The van der Waals surface area contributed by atoms with E-state index in [-0.39, 0.29) is 11.8 Å². The fourth-order valence-corrected chi connectivity index (χ4v) is 3.87. The molecule has 4 nitrogen and oxygen atoms in total. The summed E-state index contributed by atoms with van der Waals surface area (Å²) in [6, 6.07) is 6.52. The molecule has 1 aromatic carbocycles. The lowest BCUT2D eigenvalue weighted by Crippen LogP contribution is -2.32. The van der Waals surface area contributed by atoms with Crippen LogP contribution in [0.2, 0.25) is 0 Å². The van der Waals surface area contributed by atoms with Gasteiger partial charge in [-0.3, -0.25) is 4.79 Å². The molecule has 172 valence electrons. The van der Waals surface area contributed by atoms with Crippen molar-refractivity contribution in [3.63, 3.8) is 0 Å². The lowest BCUT2D eigenvalue weighted by atomic mass is 9.91. The Balaban J connectivity index is 2.27. The molecule has 1 aliphatic rings. The minimum absolute atomic E-state index is 0.106. The molecule has 0 spiro atoms. The van der Waals surface area contributed by atoms with E-state index in [4.69, 9.17) is 0 Å². The number of hydrogen-bond donors (Lipinski definition) is 0. The Morgan fingerprint density at radius 3 is 2.59 bits per heavy atom. The summed E-state index contributed by atoms with van der Waals surface area (Å²) in [6.07, 6.45) is 16.7. The van der Waals surface area contributed by atoms with Gasteiger partial charge in [0.1, 0.15) is 5.84 Å². The molecule has 0 fully saturated rings. The van der Waals surface area contributed by atoms with Gasteiger partial charge < -0.3 is 9.80 Å². The van der Waals surface area contributed by atoms with Gasteiger partial charge in [-0.2, -0.15) is 0 Å². The Labute approximate surface area is 194 Å². The molecular formula is C28H39N3O. The fraction of sp³-hybridized carbons (Fsp3) is 0.429. The topological polar surface area (TPSA) is 35.9 Å². The summed E-state index contributed by atoms with van der Waals surface area (Å²) < 4.78 is 0. The maximum absolute atomic E-state index is 13.4. The van der Waals surface area contributed by atoms with E-state index in [0.29, 0.717) is 13.0 Å². The molecule has 32 heavy (non-hydrogen) atoms. The lowest BCUT2D eigenvalue weighted by Gasteiger charge is -2.26. The number of anilines is 1. The van der Waals surface area contributed by atoms with Crippen molar-refractivity contribution in [1.29, 1.82) is 0 Å². The highest BCUT2D eigenvalue weighted by Crippen LogP contribution is 2.27. The van der Waals surface area contributed by atoms with Crippen LogP contribution < -0.4 is 4.90 Å². The monoisotopic (exact) mass is 433 g/mol. The number of amides is 1. The number of carbonyl (C=O) groups is 1. The van der Waals surface area contributed by atoms with Crippen molar-refractivity contribution in [1.82, 2.24) is 4.90 Å². The number of benzene rings is 1. The Morgan fingerprint density at radius 1 is 1.22 bits per heavy atom. The number of nitrogens with zero attached hydrogens (tertiary/aromatic N) is 3. The molecule has 1 aromatic rings. The molecule has 0 bridgehead atoms. The van der Waals surface area contributed by atoms with Crippen molar-refractivity contribution in [2.45, 2.75) is 52.9 Å². The average molecular weight is 434 g/mol. The number of allylic oxidation sites excluding steroid dienone is 5. The number of amidine groups is 1. The molecule has 1 unspecified atom stereocenters. The number of aryl methyl sites for hydroxylation is 2. The van der Waals surface area contributed by atoms with Gasteiger partial charge in [0.2, 0.25) is 5.91 Å². The molecule has 0 radical (unpaired) electrons. The zero-order valence-electron chi connectivity index (χ0n) is 20.5.